The van der Waals surface area contributed by atoms with Crippen LogP contribution in [0.15, 0.2) is 83.8 Å². The van der Waals surface area contributed by atoms with Gasteiger partial charge in [-0.05, 0) is 42.0 Å². The second-order valence-electron chi connectivity index (χ2n) is 7.27. The van der Waals surface area contributed by atoms with Crippen molar-refractivity contribution in [2.24, 2.45) is 5.73 Å². The largest absolute Gasteiger partial charge is 0.368 e. The molecule has 6 nitrogen and oxygen atoms in total. The Labute approximate surface area is 194 Å². The number of anilines is 1. The van der Waals surface area contributed by atoms with Gasteiger partial charge >= 0.3 is 0 Å². The minimum Gasteiger partial charge on any atom is -0.368 e. The molecule has 0 unspecified atom stereocenters. The van der Waals surface area contributed by atoms with Gasteiger partial charge in [-0.3, -0.25) is 14.4 Å². The highest BCUT2D eigenvalue weighted by atomic mass is 35.5. The molecule has 32 heavy (non-hydrogen) atoms. The maximum atomic E-state index is 13.7. The van der Waals surface area contributed by atoms with Crippen LogP contribution in [0.5, 0.6) is 0 Å². The predicted octanol–water partition coefficient (Wildman–Crippen LogP) is 3.80. The van der Waals surface area contributed by atoms with Crippen molar-refractivity contribution in [1.29, 1.82) is 0 Å². The third-order valence-corrected chi connectivity index (χ3v) is 6.73. The maximum absolute atomic E-state index is 13.7. The Bertz CT molecular complexity index is 1150. The van der Waals surface area contributed by atoms with Crippen LogP contribution < -0.4 is 16.0 Å². The summed E-state index contributed by atoms with van der Waals surface area (Å²) in [5, 5.41) is 2.97. The molecule has 2 atom stereocenters. The van der Waals surface area contributed by atoms with Crippen LogP contribution in [0, 0.1) is 0 Å². The van der Waals surface area contributed by atoms with E-state index in [1.807, 2.05) is 42.5 Å². The van der Waals surface area contributed by atoms with Gasteiger partial charge < -0.3 is 16.0 Å². The number of fused-ring (bicyclic) bond motifs is 1. The average Bonchev–Trinajstić information content (AvgIpc) is 2.90. The second-order valence-corrected chi connectivity index (χ2v) is 8.89. The van der Waals surface area contributed by atoms with E-state index in [0.717, 1.165) is 10.5 Å². The van der Waals surface area contributed by atoms with Crippen molar-refractivity contribution in [1.82, 2.24) is 5.32 Å². The number of nitrogens with zero attached hydrogens (tertiary/aromatic N) is 1. The van der Waals surface area contributed by atoms with Gasteiger partial charge in [0.2, 0.25) is 5.91 Å². The number of benzene rings is 3. The Morgan fingerprint density at radius 1 is 0.969 bits per heavy atom. The topological polar surface area (TPSA) is 92.5 Å². The van der Waals surface area contributed by atoms with Gasteiger partial charge in [-0.2, -0.15) is 0 Å². The van der Waals surface area contributed by atoms with Gasteiger partial charge in [-0.15, -0.1) is 11.8 Å². The first kappa shape index (κ1) is 21.9. The summed E-state index contributed by atoms with van der Waals surface area (Å²) in [7, 11) is 0. The number of thioether (sulfide) groups is 1. The number of hydrogen-bond acceptors (Lipinski definition) is 4. The molecule has 0 saturated heterocycles. The van der Waals surface area contributed by atoms with E-state index in [0.29, 0.717) is 16.3 Å². The summed E-state index contributed by atoms with van der Waals surface area (Å²) in [5.41, 5.74) is 7.30. The first-order valence-electron chi connectivity index (χ1n) is 9.91. The monoisotopic (exact) mass is 465 g/mol. The summed E-state index contributed by atoms with van der Waals surface area (Å²) in [6, 6.07) is 22.3. The Kier molecular flexibility index (Phi) is 6.48. The van der Waals surface area contributed by atoms with E-state index >= 15 is 0 Å². The quantitative estimate of drug-likeness (QED) is 0.599. The molecule has 1 aliphatic rings. The summed E-state index contributed by atoms with van der Waals surface area (Å²) in [5.74, 6) is -1.46. The molecule has 3 aromatic rings. The number of carbonyl (C=O) groups excluding carboxylic acids is 3. The Morgan fingerprint density at radius 2 is 1.62 bits per heavy atom. The first-order valence-corrected chi connectivity index (χ1v) is 11.2. The van der Waals surface area contributed by atoms with Crippen molar-refractivity contribution >= 4 is 46.8 Å². The fraction of sp³-hybridized carbons (Fsp3) is 0.125. The molecule has 0 bridgehead atoms. The number of primary amides is 1. The molecule has 1 aliphatic heterocycles. The fourth-order valence-corrected chi connectivity index (χ4v) is 5.06. The lowest BCUT2D eigenvalue weighted by molar-refractivity contribution is -0.123. The molecule has 0 radical (unpaired) electrons. The maximum Gasteiger partial charge on any atom is 0.251 e. The van der Waals surface area contributed by atoms with E-state index in [9.17, 15) is 14.4 Å². The molecule has 0 spiro atoms. The van der Waals surface area contributed by atoms with Crippen LogP contribution in [0.3, 0.4) is 0 Å². The van der Waals surface area contributed by atoms with Crippen molar-refractivity contribution < 1.29 is 14.4 Å². The number of nitrogens with two attached hydrogens (primary N) is 1. The molecule has 3 amide bonds. The van der Waals surface area contributed by atoms with Gasteiger partial charge in [0, 0.05) is 15.5 Å². The zero-order valence-electron chi connectivity index (χ0n) is 16.9. The molecule has 8 heteroatoms. The first-order chi connectivity index (χ1) is 15.4. The normalized spacial score (nSPS) is 17.9. The minimum atomic E-state index is -0.933. The molecule has 4 rings (SSSR count). The summed E-state index contributed by atoms with van der Waals surface area (Å²) in [6.07, 6.45) is 0. The summed E-state index contributed by atoms with van der Waals surface area (Å²) in [4.78, 5) is 40.7. The smallest absolute Gasteiger partial charge is 0.251 e. The van der Waals surface area contributed by atoms with E-state index in [1.165, 1.54) is 16.7 Å². The predicted molar refractivity (Wildman–Crippen MR) is 126 cm³/mol. The Balaban J connectivity index is 1.78. The molecule has 1 heterocycles. The van der Waals surface area contributed by atoms with Crippen LogP contribution in [0.25, 0.3) is 0 Å². The van der Waals surface area contributed by atoms with Crippen LogP contribution in [0.1, 0.15) is 21.2 Å². The van der Waals surface area contributed by atoms with E-state index in [4.69, 9.17) is 17.3 Å². The van der Waals surface area contributed by atoms with Crippen molar-refractivity contribution in [2.75, 3.05) is 11.4 Å². The number of hydrogen-bond donors (Lipinski definition) is 2. The standard InChI is InChI=1S/C24H20ClN3O3S/c25-17-12-10-16(11-13-17)23(30)27-21-22(15-6-2-1-3-7-15)32-19-9-5-4-8-18(19)28(24(21)31)14-20(26)29/h1-13,21-22H,14H2,(H2,26,29)(H,27,30)/t21-,22-/m0/s1. The Hall–Kier alpha value is -3.29. The van der Waals surface area contributed by atoms with E-state index in [2.05, 4.69) is 5.32 Å². The molecule has 0 aliphatic carbocycles. The summed E-state index contributed by atoms with van der Waals surface area (Å²) in [6.45, 7) is -0.286. The molecule has 0 saturated carbocycles. The molecule has 3 aromatic carbocycles. The minimum absolute atomic E-state index is 0.286. The molecular weight excluding hydrogens is 446 g/mol. The summed E-state index contributed by atoms with van der Waals surface area (Å²) < 4.78 is 0. The number of rotatable bonds is 5. The number of halogens is 1. The van der Waals surface area contributed by atoms with Crippen molar-refractivity contribution in [3.05, 3.63) is 95.0 Å². The van der Waals surface area contributed by atoms with E-state index in [-0.39, 0.29) is 6.54 Å². The molecule has 0 fully saturated rings. The average molecular weight is 466 g/mol. The second kappa shape index (κ2) is 9.46. The van der Waals surface area contributed by atoms with Crippen LogP contribution in [-0.4, -0.2) is 30.3 Å². The molecule has 162 valence electrons. The van der Waals surface area contributed by atoms with Gasteiger partial charge in [0.25, 0.3) is 11.8 Å². The SMILES string of the molecule is NC(=O)CN1C(=O)[C@@H](NC(=O)c2ccc(Cl)cc2)[C@H](c2ccccc2)Sc2ccccc21. The summed E-state index contributed by atoms with van der Waals surface area (Å²) >= 11 is 7.40. The molecule has 0 aromatic heterocycles. The lowest BCUT2D eigenvalue weighted by Gasteiger charge is -2.28. The third kappa shape index (κ3) is 4.64. The number of nitrogens with one attached hydrogen (secondary N) is 1. The fourth-order valence-electron chi connectivity index (χ4n) is 3.59. The van der Waals surface area contributed by atoms with Gasteiger partial charge in [0.05, 0.1) is 10.9 Å². The lowest BCUT2D eigenvalue weighted by atomic mass is 10.0. The van der Waals surface area contributed by atoms with Crippen molar-refractivity contribution in [2.45, 2.75) is 16.2 Å². The van der Waals surface area contributed by atoms with Crippen LogP contribution in [-0.2, 0) is 9.59 Å². The van der Waals surface area contributed by atoms with Gasteiger partial charge in [0.1, 0.15) is 12.6 Å². The number of amides is 3. The zero-order valence-corrected chi connectivity index (χ0v) is 18.5. The van der Waals surface area contributed by atoms with Crippen molar-refractivity contribution in [3.8, 4) is 0 Å². The van der Waals surface area contributed by atoms with Crippen molar-refractivity contribution in [3.63, 3.8) is 0 Å². The highest BCUT2D eigenvalue weighted by Crippen LogP contribution is 2.45. The van der Waals surface area contributed by atoms with Crippen LogP contribution in [0.2, 0.25) is 5.02 Å². The third-order valence-electron chi connectivity index (χ3n) is 5.08. The zero-order chi connectivity index (χ0) is 22.7. The Morgan fingerprint density at radius 3 is 2.31 bits per heavy atom. The van der Waals surface area contributed by atoms with E-state index in [1.54, 1.807) is 36.4 Å². The van der Waals surface area contributed by atoms with Crippen LogP contribution >= 0.6 is 23.4 Å². The van der Waals surface area contributed by atoms with Gasteiger partial charge in [-0.1, -0.05) is 54.1 Å². The lowest BCUT2D eigenvalue weighted by Crippen LogP contribution is -2.52. The highest BCUT2D eigenvalue weighted by molar-refractivity contribution is 7.99. The number of carbonyl (C=O) groups is 3. The van der Waals surface area contributed by atoms with Crippen LogP contribution in [0.4, 0.5) is 5.69 Å². The number of para-hydroxylation sites is 1. The van der Waals surface area contributed by atoms with Gasteiger partial charge in [0.15, 0.2) is 0 Å². The van der Waals surface area contributed by atoms with E-state index < -0.39 is 29.0 Å². The highest BCUT2D eigenvalue weighted by Gasteiger charge is 2.40. The van der Waals surface area contributed by atoms with Gasteiger partial charge in [-0.25, -0.2) is 0 Å². The molecular formula is C24H20ClN3O3S. The molecule has 3 N–H and O–H groups in total.